The summed E-state index contributed by atoms with van der Waals surface area (Å²) in [5, 5.41) is 27.5. The van der Waals surface area contributed by atoms with Crippen LogP contribution in [0, 0.1) is 0 Å². The molecule has 1 rings (SSSR count). The number of hydrogen-bond acceptors (Lipinski definition) is 4. The molecule has 0 aromatic carbocycles. The van der Waals surface area contributed by atoms with Crippen molar-refractivity contribution in [3.63, 3.8) is 0 Å². The van der Waals surface area contributed by atoms with Gasteiger partial charge in [-0.05, 0) is 6.07 Å². The first-order valence-corrected chi connectivity index (χ1v) is 4.75. The number of hydrogen-bond donors (Lipinski definition) is 4. The van der Waals surface area contributed by atoms with Gasteiger partial charge in [-0.2, -0.15) is 0 Å². The molecule has 0 spiro atoms. The van der Waals surface area contributed by atoms with E-state index in [9.17, 15) is 19.8 Å². The molecule has 0 saturated carbocycles. The molecular formula is C9H10ClNO5. The van der Waals surface area contributed by atoms with E-state index < -0.39 is 30.2 Å². The van der Waals surface area contributed by atoms with E-state index in [1.165, 1.54) is 12.3 Å². The first-order chi connectivity index (χ1) is 7.41. The van der Waals surface area contributed by atoms with E-state index in [4.69, 9.17) is 16.7 Å². The zero-order chi connectivity index (χ0) is 12.3. The predicted octanol–water partition coefficient (Wildman–Crippen LogP) is -0.103. The third-order valence-corrected chi connectivity index (χ3v) is 2.18. The summed E-state index contributed by atoms with van der Waals surface area (Å²) in [7, 11) is 0. The molecule has 0 fully saturated rings. The normalized spacial score (nSPS) is 14.4. The summed E-state index contributed by atoms with van der Waals surface area (Å²) in [5.74, 6) is -1.27. The molecule has 88 valence electrons. The average molecular weight is 248 g/mol. The van der Waals surface area contributed by atoms with Crippen molar-refractivity contribution in [1.82, 2.24) is 4.98 Å². The molecule has 6 nitrogen and oxygen atoms in total. The molecule has 0 radical (unpaired) electrons. The van der Waals surface area contributed by atoms with E-state index in [2.05, 4.69) is 4.98 Å². The Hall–Kier alpha value is -1.37. The highest BCUT2D eigenvalue weighted by molar-refractivity contribution is 6.30. The predicted molar refractivity (Wildman–Crippen MR) is 55.3 cm³/mol. The van der Waals surface area contributed by atoms with Crippen LogP contribution in [0.5, 0.6) is 0 Å². The molecule has 16 heavy (non-hydrogen) atoms. The number of aliphatic hydroxyl groups excluding tert-OH is 2. The lowest BCUT2D eigenvalue weighted by Gasteiger charge is -2.15. The van der Waals surface area contributed by atoms with Gasteiger partial charge in [0.05, 0.1) is 17.5 Å². The first kappa shape index (κ1) is 12.7. The maximum atomic E-state index is 11.3. The SMILES string of the molecule is O=C(O)CC(O)C(O)c1cc(Cl)c[nH]c1=O. The summed E-state index contributed by atoms with van der Waals surface area (Å²) < 4.78 is 0. The van der Waals surface area contributed by atoms with Crippen LogP contribution >= 0.6 is 11.6 Å². The van der Waals surface area contributed by atoms with Gasteiger partial charge in [-0.25, -0.2) is 0 Å². The number of aromatic nitrogens is 1. The van der Waals surface area contributed by atoms with E-state index in [0.29, 0.717) is 0 Å². The number of pyridine rings is 1. The van der Waals surface area contributed by atoms with Crippen molar-refractivity contribution in [2.45, 2.75) is 18.6 Å². The van der Waals surface area contributed by atoms with E-state index in [0.717, 1.165) is 0 Å². The molecule has 1 heterocycles. The number of aliphatic carboxylic acids is 1. The lowest BCUT2D eigenvalue weighted by atomic mass is 10.0. The maximum Gasteiger partial charge on any atom is 0.306 e. The highest BCUT2D eigenvalue weighted by Gasteiger charge is 2.23. The lowest BCUT2D eigenvalue weighted by molar-refractivity contribution is -0.141. The zero-order valence-corrected chi connectivity index (χ0v) is 8.81. The smallest absolute Gasteiger partial charge is 0.306 e. The van der Waals surface area contributed by atoms with Crippen LogP contribution in [-0.2, 0) is 4.79 Å². The third kappa shape index (κ3) is 3.06. The lowest BCUT2D eigenvalue weighted by Crippen LogP contribution is -2.27. The van der Waals surface area contributed by atoms with Crippen LogP contribution in [0.3, 0.4) is 0 Å². The Morgan fingerprint density at radius 2 is 2.12 bits per heavy atom. The molecule has 4 N–H and O–H groups in total. The average Bonchev–Trinajstić information content (AvgIpc) is 2.19. The summed E-state index contributed by atoms with van der Waals surface area (Å²) in [6.45, 7) is 0. The molecule has 0 amide bonds. The molecule has 0 aliphatic rings. The Morgan fingerprint density at radius 1 is 1.50 bits per heavy atom. The van der Waals surface area contributed by atoms with Crippen molar-refractivity contribution < 1.29 is 20.1 Å². The van der Waals surface area contributed by atoms with Crippen LogP contribution in [0.15, 0.2) is 17.1 Å². The minimum Gasteiger partial charge on any atom is -0.481 e. The summed E-state index contributed by atoms with van der Waals surface area (Å²) >= 11 is 5.59. The Morgan fingerprint density at radius 3 is 2.69 bits per heavy atom. The topological polar surface area (TPSA) is 111 Å². The second-order valence-electron chi connectivity index (χ2n) is 3.21. The van der Waals surface area contributed by atoms with Gasteiger partial charge in [0.2, 0.25) is 0 Å². The Kier molecular flexibility index (Phi) is 4.05. The van der Waals surface area contributed by atoms with Crippen LogP contribution in [0.2, 0.25) is 5.02 Å². The van der Waals surface area contributed by atoms with Crippen molar-refractivity contribution in [1.29, 1.82) is 0 Å². The molecular weight excluding hydrogens is 238 g/mol. The Bertz CT molecular complexity index is 444. The molecule has 1 aromatic heterocycles. The number of aromatic amines is 1. The van der Waals surface area contributed by atoms with Gasteiger partial charge in [0.1, 0.15) is 6.10 Å². The van der Waals surface area contributed by atoms with Crippen LogP contribution in [0.4, 0.5) is 0 Å². The number of carboxylic acids is 1. The number of aliphatic hydroxyl groups is 2. The minimum atomic E-state index is -1.58. The number of rotatable bonds is 4. The molecule has 2 atom stereocenters. The second-order valence-corrected chi connectivity index (χ2v) is 3.65. The number of halogens is 1. The molecule has 2 unspecified atom stereocenters. The van der Waals surface area contributed by atoms with E-state index in [-0.39, 0.29) is 10.6 Å². The van der Waals surface area contributed by atoms with E-state index in [1.54, 1.807) is 0 Å². The number of carbonyl (C=O) groups is 1. The summed E-state index contributed by atoms with van der Waals surface area (Å²) in [5.41, 5.74) is -0.789. The molecule has 0 saturated heterocycles. The maximum absolute atomic E-state index is 11.3. The molecule has 0 bridgehead atoms. The monoisotopic (exact) mass is 247 g/mol. The van der Waals surface area contributed by atoms with Gasteiger partial charge < -0.3 is 20.3 Å². The minimum absolute atomic E-state index is 0.166. The quantitative estimate of drug-likeness (QED) is 0.594. The van der Waals surface area contributed by atoms with Crippen molar-refractivity contribution in [2.24, 2.45) is 0 Å². The van der Waals surface area contributed by atoms with Crippen molar-refractivity contribution in [3.8, 4) is 0 Å². The van der Waals surface area contributed by atoms with Gasteiger partial charge in [-0.3, -0.25) is 9.59 Å². The molecule has 0 aliphatic heterocycles. The summed E-state index contributed by atoms with van der Waals surface area (Å²) in [6, 6.07) is 1.18. The van der Waals surface area contributed by atoms with Crippen molar-refractivity contribution in [2.75, 3.05) is 0 Å². The Labute approximate surface area is 95.1 Å². The van der Waals surface area contributed by atoms with Crippen LogP contribution in [-0.4, -0.2) is 32.4 Å². The number of H-pyrrole nitrogens is 1. The standard InChI is InChI=1S/C9H10ClNO5/c10-4-1-5(9(16)11-3-4)8(15)6(12)2-7(13)14/h1,3,6,8,12,15H,2H2,(H,11,16)(H,13,14). The fraction of sp³-hybridized carbons (Fsp3) is 0.333. The largest absolute Gasteiger partial charge is 0.481 e. The van der Waals surface area contributed by atoms with Gasteiger partial charge in [0.25, 0.3) is 5.56 Å². The van der Waals surface area contributed by atoms with Gasteiger partial charge in [0.15, 0.2) is 0 Å². The fourth-order valence-corrected chi connectivity index (χ4v) is 1.36. The summed E-state index contributed by atoms with van der Waals surface area (Å²) in [6.07, 6.45) is -2.58. The zero-order valence-electron chi connectivity index (χ0n) is 8.05. The molecule has 7 heteroatoms. The van der Waals surface area contributed by atoms with E-state index >= 15 is 0 Å². The molecule has 1 aromatic rings. The van der Waals surface area contributed by atoms with Crippen molar-refractivity contribution >= 4 is 17.6 Å². The number of nitrogens with one attached hydrogen (secondary N) is 1. The highest BCUT2D eigenvalue weighted by atomic mass is 35.5. The van der Waals surface area contributed by atoms with Gasteiger partial charge in [-0.1, -0.05) is 11.6 Å². The Balaban J connectivity index is 2.95. The van der Waals surface area contributed by atoms with E-state index in [1.807, 2.05) is 0 Å². The number of carboxylic acid groups (broad SMARTS) is 1. The van der Waals surface area contributed by atoms with Gasteiger partial charge >= 0.3 is 5.97 Å². The molecule has 0 aliphatic carbocycles. The fourth-order valence-electron chi connectivity index (χ4n) is 1.19. The van der Waals surface area contributed by atoms with Crippen molar-refractivity contribution in [3.05, 3.63) is 33.2 Å². The second kappa shape index (κ2) is 5.11. The van der Waals surface area contributed by atoms with Gasteiger partial charge in [0, 0.05) is 11.8 Å². The first-order valence-electron chi connectivity index (χ1n) is 4.38. The van der Waals surface area contributed by atoms with Crippen LogP contribution in [0.25, 0.3) is 0 Å². The third-order valence-electron chi connectivity index (χ3n) is 1.96. The van der Waals surface area contributed by atoms with Gasteiger partial charge in [-0.15, -0.1) is 0 Å². The highest BCUT2D eigenvalue weighted by Crippen LogP contribution is 2.18. The summed E-state index contributed by atoms with van der Waals surface area (Å²) in [4.78, 5) is 23.8. The van der Waals surface area contributed by atoms with Crippen LogP contribution in [0.1, 0.15) is 18.1 Å². The van der Waals surface area contributed by atoms with Crippen LogP contribution < -0.4 is 5.56 Å².